The highest BCUT2D eigenvalue weighted by Gasteiger charge is 2.26. The highest BCUT2D eigenvalue weighted by Crippen LogP contribution is 2.36. The fraction of sp³-hybridized carbons (Fsp3) is 1.00. The minimum atomic E-state index is -0.305. The molecule has 0 spiro atoms. The van der Waals surface area contributed by atoms with Gasteiger partial charge in [0.2, 0.25) is 0 Å². The fourth-order valence-electron chi connectivity index (χ4n) is 1.43. The molecule has 0 aromatic heterocycles. The first-order valence-corrected chi connectivity index (χ1v) is 4.39. The van der Waals surface area contributed by atoms with Gasteiger partial charge in [-0.3, -0.25) is 0 Å². The number of hydrogen-bond donors (Lipinski definition) is 0. The Morgan fingerprint density at radius 1 is 1.50 bits per heavy atom. The van der Waals surface area contributed by atoms with Crippen molar-refractivity contribution in [1.29, 1.82) is 0 Å². The van der Waals surface area contributed by atoms with Gasteiger partial charge in [-0.05, 0) is 24.7 Å². The molecule has 1 aliphatic carbocycles. The molecule has 1 fully saturated rings. The molecule has 0 heterocycles. The lowest BCUT2D eigenvalue weighted by atomic mass is 9.96. The number of rotatable bonds is 4. The van der Waals surface area contributed by atoms with Crippen LogP contribution in [-0.4, -0.2) is 6.10 Å². The highest BCUT2D eigenvalue weighted by atomic mass is 16.3. The van der Waals surface area contributed by atoms with Crippen LogP contribution in [0.3, 0.4) is 0 Å². The Bertz CT molecular complexity index is 96.9. The average molecular weight is 141 g/mol. The zero-order valence-electron chi connectivity index (χ0n) is 6.97. The summed E-state index contributed by atoms with van der Waals surface area (Å²) in [5.41, 5.74) is 0. The normalized spacial score (nSPS) is 24.3. The van der Waals surface area contributed by atoms with Crippen LogP contribution in [0.4, 0.5) is 0 Å². The van der Waals surface area contributed by atoms with Gasteiger partial charge in [0.1, 0.15) is 0 Å². The summed E-state index contributed by atoms with van der Waals surface area (Å²) in [6, 6.07) is 0. The van der Waals surface area contributed by atoms with Crippen molar-refractivity contribution in [3.8, 4) is 0 Å². The lowest BCUT2D eigenvalue weighted by Crippen LogP contribution is -2.15. The third-order valence-corrected chi connectivity index (χ3v) is 2.44. The van der Waals surface area contributed by atoms with E-state index in [2.05, 4.69) is 6.92 Å². The molecular formula is C9H17O. The van der Waals surface area contributed by atoms with Crippen molar-refractivity contribution >= 4 is 0 Å². The maximum absolute atomic E-state index is 11.2. The molecule has 1 nitrogen and oxygen atoms in total. The van der Waals surface area contributed by atoms with Crippen molar-refractivity contribution < 1.29 is 5.11 Å². The van der Waals surface area contributed by atoms with Crippen LogP contribution >= 0.6 is 0 Å². The minimum absolute atomic E-state index is 0.305. The fourth-order valence-corrected chi connectivity index (χ4v) is 1.43. The molecule has 1 rings (SSSR count). The second kappa shape index (κ2) is 3.38. The van der Waals surface area contributed by atoms with Gasteiger partial charge in [0.05, 0.1) is 6.10 Å². The van der Waals surface area contributed by atoms with Crippen LogP contribution in [0.25, 0.3) is 0 Å². The lowest BCUT2D eigenvalue weighted by Gasteiger charge is -2.13. The third kappa shape index (κ3) is 2.30. The van der Waals surface area contributed by atoms with E-state index in [0.717, 1.165) is 12.3 Å². The van der Waals surface area contributed by atoms with Crippen molar-refractivity contribution in [1.82, 2.24) is 0 Å². The van der Waals surface area contributed by atoms with Crippen molar-refractivity contribution in [2.45, 2.75) is 45.6 Å². The van der Waals surface area contributed by atoms with Crippen LogP contribution < -0.4 is 0 Å². The van der Waals surface area contributed by atoms with Crippen LogP contribution in [0.2, 0.25) is 0 Å². The van der Waals surface area contributed by atoms with Gasteiger partial charge < -0.3 is 0 Å². The Hall–Kier alpha value is -0.0400. The molecule has 2 atom stereocenters. The molecule has 0 N–H and O–H groups in total. The summed E-state index contributed by atoms with van der Waals surface area (Å²) in [6.07, 6.45) is 4.43. The predicted molar refractivity (Wildman–Crippen MR) is 41.3 cm³/mol. The van der Waals surface area contributed by atoms with E-state index in [-0.39, 0.29) is 6.10 Å². The summed E-state index contributed by atoms with van der Waals surface area (Å²) in [7, 11) is 0. The van der Waals surface area contributed by atoms with Gasteiger partial charge in [-0.2, -0.15) is 0 Å². The summed E-state index contributed by atoms with van der Waals surface area (Å²) < 4.78 is 0. The number of hydrogen-bond acceptors (Lipinski definition) is 0. The Kier molecular flexibility index (Phi) is 2.72. The van der Waals surface area contributed by atoms with Crippen LogP contribution in [0.5, 0.6) is 0 Å². The van der Waals surface area contributed by atoms with Crippen LogP contribution in [-0.2, 0) is 5.11 Å². The Morgan fingerprint density at radius 3 is 2.50 bits per heavy atom. The van der Waals surface area contributed by atoms with Gasteiger partial charge in [0.15, 0.2) is 0 Å². The summed E-state index contributed by atoms with van der Waals surface area (Å²) >= 11 is 0. The summed E-state index contributed by atoms with van der Waals surface area (Å²) in [6.45, 7) is 4.08. The van der Waals surface area contributed by atoms with E-state index < -0.39 is 0 Å². The predicted octanol–water partition coefficient (Wildman–Crippen LogP) is 2.63. The van der Waals surface area contributed by atoms with Gasteiger partial charge >= 0.3 is 0 Å². The molecule has 59 valence electrons. The van der Waals surface area contributed by atoms with Gasteiger partial charge in [-0.25, -0.2) is 5.11 Å². The zero-order chi connectivity index (χ0) is 7.56. The van der Waals surface area contributed by atoms with E-state index in [4.69, 9.17) is 0 Å². The summed E-state index contributed by atoms with van der Waals surface area (Å²) in [5, 5.41) is 11.2. The molecule has 10 heavy (non-hydrogen) atoms. The molecule has 1 heteroatoms. The first-order chi connectivity index (χ1) is 4.74. The molecule has 2 unspecified atom stereocenters. The SMILES string of the molecule is CCC([O])C(C)CC1CC1. The first-order valence-electron chi connectivity index (χ1n) is 4.39. The molecule has 0 amide bonds. The van der Waals surface area contributed by atoms with Crippen molar-refractivity contribution in [2.24, 2.45) is 11.8 Å². The van der Waals surface area contributed by atoms with E-state index in [1.807, 2.05) is 6.92 Å². The molecule has 0 bridgehead atoms. The zero-order valence-corrected chi connectivity index (χ0v) is 6.97. The smallest absolute Gasteiger partial charge is 0.0953 e. The van der Waals surface area contributed by atoms with Crippen molar-refractivity contribution in [2.75, 3.05) is 0 Å². The highest BCUT2D eigenvalue weighted by molar-refractivity contribution is 4.77. The molecule has 0 aliphatic heterocycles. The van der Waals surface area contributed by atoms with Crippen LogP contribution in [0.15, 0.2) is 0 Å². The molecular weight excluding hydrogens is 124 g/mol. The van der Waals surface area contributed by atoms with Gasteiger partial charge in [-0.1, -0.05) is 26.7 Å². The topological polar surface area (TPSA) is 19.9 Å². The molecule has 1 radical (unpaired) electrons. The van der Waals surface area contributed by atoms with E-state index >= 15 is 0 Å². The third-order valence-electron chi connectivity index (χ3n) is 2.44. The first kappa shape index (κ1) is 8.06. The Morgan fingerprint density at radius 2 is 2.10 bits per heavy atom. The monoisotopic (exact) mass is 141 g/mol. The van der Waals surface area contributed by atoms with E-state index in [0.29, 0.717) is 5.92 Å². The molecule has 0 aromatic carbocycles. The molecule has 1 aliphatic rings. The van der Waals surface area contributed by atoms with Crippen LogP contribution in [0, 0.1) is 11.8 Å². The second-order valence-corrected chi connectivity index (χ2v) is 3.60. The van der Waals surface area contributed by atoms with E-state index in [9.17, 15) is 5.11 Å². The molecule has 0 aromatic rings. The minimum Gasteiger partial charge on any atom is -0.233 e. The van der Waals surface area contributed by atoms with Crippen molar-refractivity contribution in [3.63, 3.8) is 0 Å². The Labute approximate surface area is 63.4 Å². The standard InChI is InChI=1S/C9H17O/c1-3-9(10)7(2)6-8-4-5-8/h7-9H,3-6H2,1-2H3. The summed E-state index contributed by atoms with van der Waals surface area (Å²) in [4.78, 5) is 0. The largest absolute Gasteiger partial charge is 0.233 e. The maximum Gasteiger partial charge on any atom is 0.0953 e. The van der Waals surface area contributed by atoms with Gasteiger partial charge in [0.25, 0.3) is 0 Å². The molecule has 1 saturated carbocycles. The Balaban J connectivity index is 2.11. The van der Waals surface area contributed by atoms with E-state index in [1.165, 1.54) is 19.3 Å². The van der Waals surface area contributed by atoms with Gasteiger partial charge in [-0.15, -0.1) is 0 Å². The maximum atomic E-state index is 11.2. The summed E-state index contributed by atoms with van der Waals surface area (Å²) in [5.74, 6) is 1.33. The van der Waals surface area contributed by atoms with Gasteiger partial charge in [0, 0.05) is 0 Å². The van der Waals surface area contributed by atoms with E-state index in [1.54, 1.807) is 0 Å². The lowest BCUT2D eigenvalue weighted by molar-refractivity contribution is 0.0350. The van der Waals surface area contributed by atoms with Crippen molar-refractivity contribution in [3.05, 3.63) is 0 Å². The average Bonchev–Trinajstić information content (AvgIpc) is 2.70. The van der Waals surface area contributed by atoms with Crippen LogP contribution in [0.1, 0.15) is 39.5 Å². The molecule has 0 saturated heterocycles. The second-order valence-electron chi connectivity index (χ2n) is 3.60. The quantitative estimate of drug-likeness (QED) is 0.573.